The van der Waals surface area contributed by atoms with Gasteiger partial charge in [0.1, 0.15) is 0 Å². The average Bonchev–Trinajstić information content (AvgIpc) is 2.69. The highest BCUT2D eigenvalue weighted by Crippen LogP contribution is 2.40. The first-order valence-corrected chi connectivity index (χ1v) is 5.62. The number of rotatable bonds is 1. The van der Waals surface area contributed by atoms with Crippen LogP contribution in [0.15, 0.2) is 42.5 Å². The van der Waals surface area contributed by atoms with Gasteiger partial charge in [-0.05, 0) is 18.2 Å². The summed E-state index contributed by atoms with van der Waals surface area (Å²) in [7, 11) is 0. The van der Waals surface area contributed by atoms with Crippen molar-refractivity contribution < 1.29 is 9.53 Å². The van der Waals surface area contributed by atoms with E-state index < -0.39 is 6.10 Å². The number of cyclic esters (lactones) is 1. The number of para-hydroxylation sites is 1. The summed E-state index contributed by atoms with van der Waals surface area (Å²) in [5.74, 6) is -0.356. The molecule has 0 spiro atoms. The molecule has 90 valence electrons. The van der Waals surface area contributed by atoms with E-state index in [4.69, 9.17) is 16.2 Å². The van der Waals surface area contributed by atoms with Gasteiger partial charge in [-0.1, -0.05) is 24.3 Å². The Labute approximate surface area is 104 Å². The van der Waals surface area contributed by atoms with Crippen molar-refractivity contribution in [2.75, 3.05) is 11.5 Å². The average molecular weight is 240 g/mol. The molecule has 1 aliphatic heterocycles. The molecule has 2 aromatic carbocycles. The normalized spacial score (nSPS) is 17.3. The summed E-state index contributed by atoms with van der Waals surface area (Å²) < 4.78 is 5.38. The van der Waals surface area contributed by atoms with E-state index >= 15 is 0 Å². The molecule has 3 rings (SSSR count). The molecule has 0 bridgehead atoms. The second-order valence-corrected chi connectivity index (χ2v) is 4.22. The molecule has 2 aromatic rings. The molecule has 0 aromatic heterocycles. The minimum absolute atomic E-state index is 0.356. The van der Waals surface area contributed by atoms with Crippen molar-refractivity contribution in [2.45, 2.75) is 6.10 Å². The molecule has 0 saturated carbocycles. The zero-order valence-corrected chi connectivity index (χ0v) is 9.59. The van der Waals surface area contributed by atoms with Gasteiger partial charge < -0.3 is 16.2 Å². The summed E-state index contributed by atoms with van der Waals surface area (Å²) in [6.45, 7) is 0. The number of nitrogens with two attached hydrogens (primary N) is 2. The van der Waals surface area contributed by atoms with Crippen LogP contribution >= 0.6 is 0 Å². The van der Waals surface area contributed by atoms with E-state index in [1.165, 1.54) is 0 Å². The molecule has 1 heterocycles. The van der Waals surface area contributed by atoms with Crippen LogP contribution in [0.1, 0.15) is 27.6 Å². The number of hydrogen-bond acceptors (Lipinski definition) is 4. The van der Waals surface area contributed by atoms with Crippen molar-refractivity contribution in [3.8, 4) is 0 Å². The minimum Gasteiger partial charge on any atom is -0.449 e. The van der Waals surface area contributed by atoms with Gasteiger partial charge in [0.25, 0.3) is 0 Å². The van der Waals surface area contributed by atoms with Crippen LogP contribution in [0.3, 0.4) is 0 Å². The fraction of sp³-hybridized carbons (Fsp3) is 0.0714. The number of hydrogen-bond donors (Lipinski definition) is 2. The fourth-order valence-corrected chi connectivity index (χ4v) is 2.25. The molecule has 0 aliphatic carbocycles. The van der Waals surface area contributed by atoms with Crippen LogP contribution < -0.4 is 11.5 Å². The van der Waals surface area contributed by atoms with Gasteiger partial charge in [-0.2, -0.15) is 0 Å². The topological polar surface area (TPSA) is 78.3 Å². The minimum atomic E-state index is -0.505. The number of nitrogen functional groups attached to an aromatic ring is 2. The van der Waals surface area contributed by atoms with E-state index in [0.717, 1.165) is 5.56 Å². The van der Waals surface area contributed by atoms with Gasteiger partial charge in [-0.15, -0.1) is 0 Å². The molecule has 18 heavy (non-hydrogen) atoms. The Kier molecular flexibility index (Phi) is 2.23. The number of esters is 1. The molecular formula is C14H12N2O2. The number of ether oxygens (including phenoxy) is 1. The van der Waals surface area contributed by atoms with Crippen molar-refractivity contribution in [2.24, 2.45) is 0 Å². The van der Waals surface area contributed by atoms with E-state index in [2.05, 4.69) is 0 Å². The van der Waals surface area contributed by atoms with Crippen LogP contribution in [0, 0.1) is 0 Å². The zero-order chi connectivity index (χ0) is 12.7. The Morgan fingerprint density at radius 1 is 0.944 bits per heavy atom. The smallest absolute Gasteiger partial charge is 0.339 e. The highest BCUT2D eigenvalue weighted by molar-refractivity contribution is 5.96. The summed E-state index contributed by atoms with van der Waals surface area (Å²) in [5, 5.41) is 0. The molecule has 0 fully saturated rings. The first kappa shape index (κ1) is 10.7. The third-order valence-electron chi connectivity index (χ3n) is 3.13. The lowest BCUT2D eigenvalue weighted by atomic mass is 9.96. The maximum atomic E-state index is 11.8. The van der Waals surface area contributed by atoms with Crippen LogP contribution in [-0.2, 0) is 4.74 Å². The third kappa shape index (κ3) is 1.43. The molecule has 4 heteroatoms. The molecule has 0 amide bonds. The van der Waals surface area contributed by atoms with Crippen LogP contribution in [-0.4, -0.2) is 5.97 Å². The quantitative estimate of drug-likeness (QED) is 0.591. The summed E-state index contributed by atoms with van der Waals surface area (Å²) in [5.41, 5.74) is 15.0. The molecule has 4 N–H and O–H groups in total. The van der Waals surface area contributed by atoms with Gasteiger partial charge in [-0.25, -0.2) is 4.79 Å². The second-order valence-electron chi connectivity index (χ2n) is 4.22. The number of carbonyl (C=O) groups is 1. The predicted molar refractivity (Wildman–Crippen MR) is 69.0 cm³/mol. The highest BCUT2D eigenvalue weighted by Gasteiger charge is 2.34. The predicted octanol–water partition coefficient (Wildman–Crippen LogP) is 2.11. The Morgan fingerprint density at radius 2 is 1.67 bits per heavy atom. The van der Waals surface area contributed by atoms with E-state index in [1.807, 2.05) is 18.2 Å². The molecule has 1 unspecified atom stereocenters. The molecular weight excluding hydrogens is 228 g/mol. The number of carbonyl (C=O) groups excluding carboxylic acids is 1. The standard InChI is InChI=1S/C14H12N2O2/c15-10-6-2-1-4-8(10)13-12-9(14(17)18-13)5-3-7-11(12)16/h1-7,13H,15-16H2. The first-order chi connectivity index (χ1) is 8.68. The van der Waals surface area contributed by atoms with Gasteiger partial charge >= 0.3 is 5.97 Å². The lowest BCUT2D eigenvalue weighted by Crippen LogP contribution is -2.05. The monoisotopic (exact) mass is 240 g/mol. The Morgan fingerprint density at radius 3 is 2.44 bits per heavy atom. The van der Waals surface area contributed by atoms with Crippen molar-refractivity contribution in [3.05, 3.63) is 59.2 Å². The van der Waals surface area contributed by atoms with Crippen LogP contribution in [0.5, 0.6) is 0 Å². The van der Waals surface area contributed by atoms with Gasteiger partial charge in [0.2, 0.25) is 0 Å². The van der Waals surface area contributed by atoms with Crippen molar-refractivity contribution in [1.82, 2.24) is 0 Å². The number of benzene rings is 2. The van der Waals surface area contributed by atoms with Crippen LogP contribution in [0.4, 0.5) is 11.4 Å². The largest absolute Gasteiger partial charge is 0.449 e. The summed E-state index contributed by atoms with van der Waals surface area (Å²) in [4.78, 5) is 11.8. The van der Waals surface area contributed by atoms with Gasteiger partial charge in [0, 0.05) is 22.5 Å². The third-order valence-corrected chi connectivity index (χ3v) is 3.13. The van der Waals surface area contributed by atoms with Crippen LogP contribution in [0.2, 0.25) is 0 Å². The lowest BCUT2D eigenvalue weighted by molar-refractivity contribution is 0.0457. The highest BCUT2D eigenvalue weighted by atomic mass is 16.5. The molecule has 1 atom stereocenters. The Balaban J connectivity index is 2.19. The number of anilines is 2. The van der Waals surface area contributed by atoms with E-state index in [9.17, 15) is 4.79 Å². The maximum Gasteiger partial charge on any atom is 0.339 e. The SMILES string of the molecule is Nc1ccccc1C1OC(=O)c2cccc(N)c21. The summed E-state index contributed by atoms with van der Waals surface area (Å²) in [6.07, 6.45) is -0.505. The van der Waals surface area contributed by atoms with Crippen molar-refractivity contribution in [3.63, 3.8) is 0 Å². The summed E-state index contributed by atoms with van der Waals surface area (Å²) >= 11 is 0. The molecule has 0 radical (unpaired) electrons. The van der Waals surface area contributed by atoms with E-state index in [0.29, 0.717) is 22.5 Å². The van der Waals surface area contributed by atoms with Gasteiger partial charge in [-0.3, -0.25) is 0 Å². The maximum absolute atomic E-state index is 11.8. The first-order valence-electron chi connectivity index (χ1n) is 5.62. The van der Waals surface area contributed by atoms with Gasteiger partial charge in [0.05, 0.1) is 5.56 Å². The second kappa shape index (κ2) is 3.77. The summed E-state index contributed by atoms with van der Waals surface area (Å²) in [6, 6.07) is 12.5. The molecule has 4 nitrogen and oxygen atoms in total. The lowest BCUT2D eigenvalue weighted by Gasteiger charge is -2.14. The fourth-order valence-electron chi connectivity index (χ4n) is 2.25. The van der Waals surface area contributed by atoms with Crippen LogP contribution in [0.25, 0.3) is 0 Å². The van der Waals surface area contributed by atoms with Crippen molar-refractivity contribution in [1.29, 1.82) is 0 Å². The zero-order valence-electron chi connectivity index (χ0n) is 9.59. The van der Waals surface area contributed by atoms with Gasteiger partial charge in [0.15, 0.2) is 6.10 Å². The van der Waals surface area contributed by atoms with E-state index in [-0.39, 0.29) is 5.97 Å². The van der Waals surface area contributed by atoms with E-state index in [1.54, 1.807) is 24.3 Å². The van der Waals surface area contributed by atoms with Crippen molar-refractivity contribution >= 4 is 17.3 Å². The Bertz CT molecular complexity index is 637. The Hall–Kier alpha value is -2.49. The molecule has 0 saturated heterocycles. The number of fused-ring (bicyclic) bond motifs is 1. The molecule has 1 aliphatic rings.